The topological polar surface area (TPSA) is 84.5 Å². The first-order valence-electron chi connectivity index (χ1n) is 7.70. The van der Waals surface area contributed by atoms with Crippen LogP contribution in [0.1, 0.15) is 25.0 Å². The molecule has 2 aliphatic rings. The van der Waals surface area contributed by atoms with Crippen LogP contribution in [0.25, 0.3) is 0 Å². The Labute approximate surface area is 128 Å². The standard InChI is InChI=1S/C14H21N5O3/c1-10-12(19(21)22)13(16(2)15-10)17-6-3-7-18(9-8-17)14(20)11-4-5-11/h11H,3-9H2,1-2H3. The lowest BCUT2D eigenvalue weighted by Gasteiger charge is -2.23. The van der Waals surface area contributed by atoms with E-state index in [-0.39, 0.29) is 22.4 Å². The van der Waals surface area contributed by atoms with Gasteiger partial charge in [-0.2, -0.15) is 5.10 Å². The van der Waals surface area contributed by atoms with Crippen molar-refractivity contribution in [3.8, 4) is 0 Å². The average molecular weight is 307 g/mol. The van der Waals surface area contributed by atoms with Crippen LogP contribution in [0.3, 0.4) is 0 Å². The molecule has 1 amide bonds. The van der Waals surface area contributed by atoms with Crippen LogP contribution in [0.4, 0.5) is 11.5 Å². The highest BCUT2D eigenvalue weighted by molar-refractivity contribution is 5.81. The van der Waals surface area contributed by atoms with Gasteiger partial charge in [0.05, 0.1) is 4.92 Å². The molecule has 8 nitrogen and oxygen atoms in total. The lowest BCUT2D eigenvalue weighted by molar-refractivity contribution is -0.384. The molecule has 1 aromatic rings. The maximum Gasteiger partial charge on any atom is 0.333 e. The second kappa shape index (κ2) is 5.58. The summed E-state index contributed by atoms with van der Waals surface area (Å²) in [6.07, 6.45) is 2.83. The zero-order valence-electron chi connectivity index (χ0n) is 13.0. The third kappa shape index (κ3) is 2.65. The van der Waals surface area contributed by atoms with Crippen molar-refractivity contribution in [3.05, 3.63) is 15.8 Å². The number of amides is 1. The van der Waals surface area contributed by atoms with E-state index in [4.69, 9.17) is 0 Å². The van der Waals surface area contributed by atoms with Crippen LogP contribution in [0.15, 0.2) is 0 Å². The fourth-order valence-electron chi connectivity index (χ4n) is 3.14. The number of carbonyl (C=O) groups excluding carboxylic acids is 1. The van der Waals surface area contributed by atoms with E-state index >= 15 is 0 Å². The molecule has 0 atom stereocenters. The Morgan fingerprint density at radius 1 is 1.27 bits per heavy atom. The number of nitrogens with zero attached hydrogens (tertiary/aromatic N) is 5. The van der Waals surface area contributed by atoms with Gasteiger partial charge in [0, 0.05) is 39.1 Å². The smallest absolute Gasteiger partial charge is 0.333 e. The summed E-state index contributed by atoms with van der Waals surface area (Å²) in [6.45, 7) is 4.32. The van der Waals surface area contributed by atoms with Gasteiger partial charge in [-0.25, -0.2) is 4.68 Å². The fourth-order valence-corrected chi connectivity index (χ4v) is 3.14. The minimum absolute atomic E-state index is 0.0736. The Kier molecular flexibility index (Phi) is 3.76. The third-order valence-electron chi connectivity index (χ3n) is 4.38. The minimum Gasteiger partial charge on any atom is -0.349 e. The van der Waals surface area contributed by atoms with Gasteiger partial charge < -0.3 is 9.80 Å². The summed E-state index contributed by atoms with van der Waals surface area (Å²) in [6, 6.07) is 0. The van der Waals surface area contributed by atoms with Crippen molar-refractivity contribution in [3.63, 3.8) is 0 Å². The zero-order chi connectivity index (χ0) is 15.9. The first-order chi connectivity index (χ1) is 10.5. The van der Waals surface area contributed by atoms with Gasteiger partial charge in [-0.05, 0) is 26.2 Å². The molecule has 0 bridgehead atoms. The first-order valence-corrected chi connectivity index (χ1v) is 7.70. The van der Waals surface area contributed by atoms with Crippen molar-refractivity contribution in [2.75, 3.05) is 31.1 Å². The van der Waals surface area contributed by atoms with Gasteiger partial charge in [-0.3, -0.25) is 14.9 Å². The Hall–Kier alpha value is -2.12. The molecule has 1 aliphatic carbocycles. The third-order valence-corrected chi connectivity index (χ3v) is 4.38. The molecular formula is C14H21N5O3. The van der Waals surface area contributed by atoms with Crippen molar-refractivity contribution < 1.29 is 9.72 Å². The van der Waals surface area contributed by atoms with Crippen LogP contribution in [-0.4, -0.2) is 51.7 Å². The number of rotatable bonds is 3. The predicted molar refractivity (Wildman–Crippen MR) is 80.7 cm³/mol. The summed E-state index contributed by atoms with van der Waals surface area (Å²) in [5.41, 5.74) is 0.502. The van der Waals surface area contributed by atoms with Crippen molar-refractivity contribution in [1.29, 1.82) is 0 Å². The molecule has 2 heterocycles. The Morgan fingerprint density at radius 3 is 2.64 bits per heavy atom. The Bertz CT molecular complexity index is 608. The molecule has 0 spiro atoms. The summed E-state index contributed by atoms with van der Waals surface area (Å²) >= 11 is 0. The van der Waals surface area contributed by atoms with Gasteiger partial charge in [0.25, 0.3) is 0 Å². The lowest BCUT2D eigenvalue weighted by Crippen LogP contribution is -2.36. The molecule has 0 N–H and O–H groups in total. The van der Waals surface area contributed by atoms with Gasteiger partial charge in [0.2, 0.25) is 11.7 Å². The quantitative estimate of drug-likeness (QED) is 0.616. The first kappa shape index (κ1) is 14.8. The van der Waals surface area contributed by atoms with Gasteiger partial charge in [-0.1, -0.05) is 0 Å². The second-order valence-corrected chi connectivity index (χ2v) is 6.08. The van der Waals surface area contributed by atoms with Crippen LogP contribution >= 0.6 is 0 Å². The summed E-state index contributed by atoms with van der Waals surface area (Å²) in [5, 5.41) is 15.5. The van der Waals surface area contributed by atoms with E-state index in [9.17, 15) is 14.9 Å². The molecule has 1 aliphatic heterocycles. The van der Waals surface area contributed by atoms with E-state index in [0.717, 1.165) is 25.8 Å². The van der Waals surface area contributed by atoms with Crippen LogP contribution in [0.5, 0.6) is 0 Å². The van der Waals surface area contributed by atoms with Crippen molar-refractivity contribution in [2.24, 2.45) is 13.0 Å². The predicted octanol–water partition coefficient (Wildman–Crippen LogP) is 1.09. The molecule has 8 heteroatoms. The summed E-state index contributed by atoms with van der Waals surface area (Å²) in [4.78, 5) is 27.0. The molecule has 22 heavy (non-hydrogen) atoms. The number of carbonyl (C=O) groups is 1. The maximum absolute atomic E-state index is 12.2. The van der Waals surface area contributed by atoms with Crippen LogP contribution in [-0.2, 0) is 11.8 Å². The van der Waals surface area contributed by atoms with E-state index in [1.54, 1.807) is 18.7 Å². The fraction of sp³-hybridized carbons (Fsp3) is 0.714. The van der Waals surface area contributed by atoms with E-state index in [1.807, 2.05) is 9.80 Å². The van der Waals surface area contributed by atoms with Crippen LogP contribution in [0.2, 0.25) is 0 Å². The van der Waals surface area contributed by atoms with E-state index < -0.39 is 0 Å². The summed E-state index contributed by atoms with van der Waals surface area (Å²) < 4.78 is 1.58. The highest BCUT2D eigenvalue weighted by atomic mass is 16.6. The van der Waals surface area contributed by atoms with Crippen LogP contribution < -0.4 is 4.90 Å². The lowest BCUT2D eigenvalue weighted by atomic mass is 10.3. The van der Waals surface area contributed by atoms with Crippen LogP contribution in [0, 0.1) is 23.0 Å². The SMILES string of the molecule is Cc1nn(C)c(N2CCCN(C(=O)C3CC3)CC2)c1[N+](=O)[O-]. The zero-order valence-corrected chi connectivity index (χ0v) is 13.0. The van der Waals surface area contributed by atoms with Gasteiger partial charge in [-0.15, -0.1) is 0 Å². The van der Waals surface area contributed by atoms with Crippen molar-refractivity contribution in [2.45, 2.75) is 26.2 Å². The molecular weight excluding hydrogens is 286 g/mol. The average Bonchev–Trinajstić information content (AvgIpc) is 3.26. The number of anilines is 1. The number of hydrogen-bond acceptors (Lipinski definition) is 5. The molecule has 0 unspecified atom stereocenters. The number of aryl methyl sites for hydroxylation is 2. The molecule has 0 radical (unpaired) electrons. The van der Waals surface area contributed by atoms with Gasteiger partial charge in [0.1, 0.15) is 5.69 Å². The highest BCUT2D eigenvalue weighted by Gasteiger charge is 2.35. The molecule has 1 aromatic heterocycles. The molecule has 0 aromatic carbocycles. The minimum atomic E-state index is -0.365. The summed E-state index contributed by atoms with van der Waals surface area (Å²) in [7, 11) is 1.73. The van der Waals surface area contributed by atoms with Gasteiger partial charge in [0.15, 0.2) is 0 Å². The van der Waals surface area contributed by atoms with Crippen molar-refractivity contribution in [1.82, 2.24) is 14.7 Å². The highest BCUT2D eigenvalue weighted by Crippen LogP contribution is 2.33. The number of hydrogen-bond donors (Lipinski definition) is 0. The number of nitro groups is 1. The molecule has 2 fully saturated rings. The van der Waals surface area contributed by atoms with Gasteiger partial charge >= 0.3 is 5.69 Å². The maximum atomic E-state index is 12.2. The normalized spacial score (nSPS) is 19.2. The molecule has 120 valence electrons. The van der Waals surface area contributed by atoms with E-state index in [1.165, 1.54) is 0 Å². The Morgan fingerprint density at radius 2 is 2.00 bits per heavy atom. The van der Waals surface area contributed by atoms with E-state index in [0.29, 0.717) is 31.1 Å². The number of aromatic nitrogens is 2. The molecule has 1 saturated heterocycles. The van der Waals surface area contributed by atoms with E-state index in [2.05, 4.69) is 5.10 Å². The largest absolute Gasteiger partial charge is 0.349 e. The molecule has 1 saturated carbocycles. The monoisotopic (exact) mass is 307 g/mol. The second-order valence-electron chi connectivity index (χ2n) is 6.08. The Balaban J connectivity index is 1.79. The summed E-state index contributed by atoms with van der Waals surface area (Å²) in [5.74, 6) is 1.01. The molecule has 3 rings (SSSR count). The van der Waals surface area contributed by atoms with Crippen molar-refractivity contribution >= 4 is 17.4 Å².